The van der Waals surface area contributed by atoms with Crippen molar-refractivity contribution >= 4 is 40.3 Å². The van der Waals surface area contributed by atoms with E-state index in [1.165, 1.54) is 24.3 Å². The van der Waals surface area contributed by atoms with Gasteiger partial charge >= 0.3 is 0 Å². The van der Waals surface area contributed by atoms with E-state index in [1.807, 2.05) is 0 Å². The van der Waals surface area contributed by atoms with Crippen LogP contribution in [0.25, 0.3) is 6.08 Å². The molecule has 2 N–H and O–H groups in total. The highest BCUT2D eigenvalue weighted by Gasteiger charge is 2.24. The molecule has 7 nitrogen and oxygen atoms in total. The third kappa shape index (κ3) is 3.61. The molecule has 1 fully saturated rings. The number of aliphatic imine (C=N–C) groups is 1. The number of thioether (sulfide) groups is 1. The number of benzene rings is 2. The second-order valence-electron chi connectivity index (χ2n) is 4.85. The van der Waals surface area contributed by atoms with Gasteiger partial charge in [-0.2, -0.15) is 0 Å². The Labute approximate surface area is 140 Å². The van der Waals surface area contributed by atoms with Crippen molar-refractivity contribution in [1.29, 1.82) is 0 Å². The van der Waals surface area contributed by atoms with Gasteiger partial charge in [-0.1, -0.05) is 18.2 Å². The highest BCUT2D eigenvalue weighted by Crippen LogP contribution is 2.29. The standard InChI is InChI=1S/C16H11N3O4S/c20-13-6-2-4-11(9-13)17-16-18-15(21)14(24-16)8-10-3-1-5-12(7-10)19(22)23/h1-9,20H,(H,17,18,21)/b14-8+. The fraction of sp³-hybridized carbons (Fsp3) is 0. The third-order valence-electron chi connectivity index (χ3n) is 3.09. The van der Waals surface area contributed by atoms with Gasteiger partial charge in [0.15, 0.2) is 5.17 Å². The number of amides is 1. The Morgan fingerprint density at radius 2 is 2.00 bits per heavy atom. The second kappa shape index (κ2) is 6.55. The molecule has 1 aliphatic rings. The summed E-state index contributed by atoms with van der Waals surface area (Å²) in [7, 11) is 0. The summed E-state index contributed by atoms with van der Waals surface area (Å²) in [6.07, 6.45) is 1.57. The third-order valence-corrected chi connectivity index (χ3v) is 4.00. The van der Waals surface area contributed by atoms with E-state index in [2.05, 4.69) is 10.3 Å². The molecule has 0 radical (unpaired) electrons. The zero-order chi connectivity index (χ0) is 17.1. The van der Waals surface area contributed by atoms with Crippen LogP contribution < -0.4 is 5.32 Å². The summed E-state index contributed by atoms with van der Waals surface area (Å²) in [5.74, 6) is -0.246. The molecule has 3 rings (SSSR count). The largest absolute Gasteiger partial charge is 0.508 e. The van der Waals surface area contributed by atoms with Crippen LogP contribution in [0.3, 0.4) is 0 Å². The number of phenolic OH excluding ortho intramolecular Hbond substituents is 1. The van der Waals surface area contributed by atoms with Crippen molar-refractivity contribution in [3.05, 3.63) is 69.1 Å². The second-order valence-corrected chi connectivity index (χ2v) is 5.88. The Morgan fingerprint density at radius 3 is 2.75 bits per heavy atom. The average Bonchev–Trinajstić information content (AvgIpc) is 2.87. The molecule has 2 aromatic carbocycles. The number of amidine groups is 1. The van der Waals surface area contributed by atoms with Crippen LogP contribution in [0.5, 0.6) is 5.75 Å². The molecule has 0 spiro atoms. The SMILES string of the molecule is O=C1NC(=Nc2cccc(O)c2)S/C1=C/c1cccc([N+](=O)[O-])c1. The van der Waals surface area contributed by atoms with Crippen LogP contribution in [-0.4, -0.2) is 21.1 Å². The number of phenols is 1. The van der Waals surface area contributed by atoms with Crippen LogP contribution in [0.2, 0.25) is 0 Å². The van der Waals surface area contributed by atoms with Crippen molar-refractivity contribution in [3.63, 3.8) is 0 Å². The van der Waals surface area contributed by atoms with E-state index >= 15 is 0 Å². The molecule has 24 heavy (non-hydrogen) atoms. The first-order valence-corrected chi connectivity index (χ1v) is 7.66. The number of hydrogen-bond acceptors (Lipinski definition) is 6. The molecule has 1 heterocycles. The molecule has 2 aromatic rings. The van der Waals surface area contributed by atoms with Gasteiger partial charge in [0, 0.05) is 18.2 Å². The summed E-state index contributed by atoms with van der Waals surface area (Å²) in [5.41, 5.74) is 1.02. The Morgan fingerprint density at radius 1 is 1.21 bits per heavy atom. The zero-order valence-electron chi connectivity index (χ0n) is 12.2. The van der Waals surface area contributed by atoms with Gasteiger partial charge in [-0.25, -0.2) is 4.99 Å². The van der Waals surface area contributed by atoms with E-state index < -0.39 is 4.92 Å². The average molecular weight is 341 g/mol. The van der Waals surface area contributed by atoms with E-state index in [1.54, 1.807) is 30.3 Å². The zero-order valence-corrected chi connectivity index (χ0v) is 13.0. The lowest BCUT2D eigenvalue weighted by molar-refractivity contribution is -0.384. The van der Waals surface area contributed by atoms with Gasteiger partial charge in [0.1, 0.15) is 5.75 Å². The normalized spacial score (nSPS) is 17.2. The van der Waals surface area contributed by atoms with Crippen molar-refractivity contribution in [1.82, 2.24) is 5.32 Å². The Hall–Kier alpha value is -3.13. The molecular weight excluding hydrogens is 330 g/mol. The molecule has 0 atom stereocenters. The first kappa shape index (κ1) is 15.8. The number of non-ortho nitro benzene ring substituents is 1. The minimum atomic E-state index is -0.487. The lowest BCUT2D eigenvalue weighted by atomic mass is 10.2. The van der Waals surface area contributed by atoms with Crippen LogP contribution in [0, 0.1) is 10.1 Å². The maximum Gasteiger partial charge on any atom is 0.270 e. The molecule has 1 aliphatic heterocycles. The molecule has 0 unspecified atom stereocenters. The van der Waals surface area contributed by atoms with Crippen molar-refractivity contribution in [2.24, 2.45) is 4.99 Å². The fourth-order valence-electron chi connectivity index (χ4n) is 2.04. The van der Waals surface area contributed by atoms with Crippen LogP contribution >= 0.6 is 11.8 Å². The maximum atomic E-state index is 12.0. The first-order chi connectivity index (χ1) is 11.5. The van der Waals surface area contributed by atoms with E-state index in [4.69, 9.17) is 0 Å². The minimum Gasteiger partial charge on any atom is -0.508 e. The van der Waals surface area contributed by atoms with Gasteiger partial charge in [-0.05, 0) is 35.5 Å². The molecule has 0 aromatic heterocycles. The molecule has 0 bridgehead atoms. The van der Waals surface area contributed by atoms with Gasteiger partial charge in [0.2, 0.25) is 0 Å². The number of carbonyl (C=O) groups excluding carboxylic acids is 1. The number of carbonyl (C=O) groups is 1. The van der Waals surface area contributed by atoms with Gasteiger partial charge in [-0.3, -0.25) is 14.9 Å². The lowest BCUT2D eigenvalue weighted by Crippen LogP contribution is -2.19. The number of nitrogens with one attached hydrogen (secondary N) is 1. The number of rotatable bonds is 3. The summed E-state index contributed by atoms with van der Waals surface area (Å²) in [4.78, 5) is 26.9. The molecular formula is C16H11N3O4S. The fourth-order valence-corrected chi connectivity index (χ4v) is 2.88. The van der Waals surface area contributed by atoms with E-state index in [9.17, 15) is 20.0 Å². The monoisotopic (exact) mass is 341 g/mol. The van der Waals surface area contributed by atoms with Crippen LogP contribution in [0.1, 0.15) is 5.56 Å². The molecule has 120 valence electrons. The summed E-state index contributed by atoms with van der Waals surface area (Å²) in [6, 6.07) is 12.4. The summed E-state index contributed by atoms with van der Waals surface area (Å²) in [5, 5.41) is 23.2. The molecule has 1 saturated heterocycles. The highest BCUT2D eigenvalue weighted by atomic mass is 32.2. The lowest BCUT2D eigenvalue weighted by Gasteiger charge is -1.97. The minimum absolute atomic E-state index is 0.0404. The molecule has 0 aliphatic carbocycles. The van der Waals surface area contributed by atoms with Gasteiger partial charge in [0.25, 0.3) is 11.6 Å². The van der Waals surface area contributed by atoms with Crippen molar-refractivity contribution in [3.8, 4) is 5.75 Å². The van der Waals surface area contributed by atoms with Gasteiger partial charge in [-0.15, -0.1) is 0 Å². The van der Waals surface area contributed by atoms with E-state index in [0.717, 1.165) is 11.8 Å². The summed E-state index contributed by atoms with van der Waals surface area (Å²) in [6.45, 7) is 0. The summed E-state index contributed by atoms with van der Waals surface area (Å²) < 4.78 is 0. The van der Waals surface area contributed by atoms with Crippen LogP contribution in [0.4, 0.5) is 11.4 Å². The number of nitro benzene ring substituents is 1. The highest BCUT2D eigenvalue weighted by molar-refractivity contribution is 8.18. The van der Waals surface area contributed by atoms with Crippen molar-refractivity contribution in [2.75, 3.05) is 0 Å². The predicted molar refractivity (Wildman–Crippen MR) is 92.0 cm³/mol. The number of hydrogen-bond donors (Lipinski definition) is 2. The van der Waals surface area contributed by atoms with E-state index in [-0.39, 0.29) is 17.3 Å². The van der Waals surface area contributed by atoms with Gasteiger partial charge < -0.3 is 10.4 Å². The first-order valence-electron chi connectivity index (χ1n) is 6.84. The summed E-state index contributed by atoms with van der Waals surface area (Å²) >= 11 is 1.13. The smallest absolute Gasteiger partial charge is 0.270 e. The predicted octanol–water partition coefficient (Wildman–Crippen LogP) is 3.19. The Bertz CT molecular complexity index is 892. The van der Waals surface area contributed by atoms with Crippen LogP contribution in [-0.2, 0) is 4.79 Å². The molecule has 8 heteroatoms. The van der Waals surface area contributed by atoms with Gasteiger partial charge in [0.05, 0.1) is 15.5 Å². The Balaban J connectivity index is 1.84. The quantitative estimate of drug-likeness (QED) is 0.507. The van der Waals surface area contributed by atoms with E-state index in [0.29, 0.717) is 21.3 Å². The van der Waals surface area contributed by atoms with Crippen molar-refractivity contribution in [2.45, 2.75) is 0 Å². The number of nitrogens with zero attached hydrogens (tertiary/aromatic N) is 2. The molecule has 0 saturated carbocycles. The Kier molecular flexibility index (Phi) is 4.30. The van der Waals surface area contributed by atoms with Crippen molar-refractivity contribution < 1.29 is 14.8 Å². The maximum absolute atomic E-state index is 12.0. The molecule has 1 amide bonds. The topological polar surface area (TPSA) is 105 Å². The number of aromatic hydroxyl groups is 1. The number of nitro groups is 1. The van der Waals surface area contributed by atoms with Crippen LogP contribution in [0.15, 0.2) is 58.4 Å².